The van der Waals surface area contributed by atoms with Gasteiger partial charge in [-0.15, -0.1) is 0 Å². The van der Waals surface area contributed by atoms with Crippen LogP contribution in [0.15, 0.2) is 0 Å². The van der Waals surface area contributed by atoms with Crippen LogP contribution in [0.4, 0.5) is 0 Å². The molecule has 0 bridgehead atoms. The van der Waals surface area contributed by atoms with Gasteiger partial charge in [-0.1, -0.05) is 19.8 Å². The molecule has 0 radical (unpaired) electrons. The van der Waals surface area contributed by atoms with Gasteiger partial charge in [-0.25, -0.2) is 0 Å². The third-order valence-corrected chi connectivity index (χ3v) is 3.27. The Morgan fingerprint density at radius 1 is 1.31 bits per heavy atom. The fraction of sp³-hybridized carbons (Fsp3) is 1.00. The van der Waals surface area contributed by atoms with E-state index in [0.29, 0.717) is 5.41 Å². The number of ether oxygens (including phenoxy) is 1. The van der Waals surface area contributed by atoms with Gasteiger partial charge in [0.25, 0.3) is 0 Å². The smallest absolute Gasteiger partial charge is 0.0471 e. The van der Waals surface area contributed by atoms with E-state index in [-0.39, 0.29) is 0 Å². The van der Waals surface area contributed by atoms with Gasteiger partial charge < -0.3 is 10.5 Å². The molecule has 78 valence electrons. The third kappa shape index (κ3) is 3.28. The van der Waals surface area contributed by atoms with Gasteiger partial charge in [-0.3, -0.25) is 0 Å². The van der Waals surface area contributed by atoms with Crippen LogP contribution in [0.25, 0.3) is 0 Å². The Hall–Kier alpha value is -0.0800. The van der Waals surface area contributed by atoms with Crippen molar-refractivity contribution in [3.63, 3.8) is 0 Å². The molecule has 0 amide bonds. The lowest BCUT2D eigenvalue weighted by Crippen LogP contribution is -2.38. The van der Waals surface area contributed by atoms with E-state index in [9.17, 15) is 0 Å². The maximum atomic E-state index is 5.75. The minimum absolute atomic E-state index is 0.464. The average molecular weight is 185 g/mol. The van der Waals surface area contributed by atoms with E-state index >= 15 is 0 Å². The Morgan fingerprint density at radius 2 is 2.08 bits per heavy atom. The summed E-state index contributed by atoms with van der Waals surface area (Å²) in [5.74, 6) is 0. The fourth-order valence-electron chi connectivity index (χ4n) is 1.87. The van der Waals surface area contributed by atoms with E-state index in [1.54, 1.807) is 0 Å². The molecule has 0 aromatic heterocycles. The summed E-state index contributed by atoms with van der Waals surface area (Å²) in [6, 6.07) is 0. The highest BCUT2D eigenvalue weighted by atomic mass is 16.5. The van der Waals surface area contributed by atoms with Crippen LogP contribution in [0, 0.1) is 5.41 Å². The summed E-state index contributed by atoms with van der Waals surface area (Å²) < 4.78 is 5.55. The van der Waals surface area contributed by atoms with Crippen molar-refractivity contribution in [3.05, 3.63) is 0 Å². The quantitative estimate of drug-likeness (QED) is 0.618. The zero-order valence-corrected chi connectivity index (χ0v) is 8.85. The first-order chi connectivity index (χ1) is 6.33. The maximum absolute atomic E-state index is 5.75. The lowest BCUT2D eigenvalue weighted by molar-refractivity contribution is 0.0545. The molecule has 1 aliphatic rings. The van der Waals surface area contributed by atoms with E-state index in [4.69, 9.17) is 10.5 Å². The largest absolute Gasteiger partial charge is 0.381 e. The van der Waals surface area contributed by atoms with Crippen molar-refractivity contribution in [1.29, 1.82) is 0 Å². The van der Waals surface area contributed by atoms with Crippen LogP contribution in [0.1, 0.15) is 45.4 Å². The third-order valence-electron chi connectivity index (χ3n) is 3.27. The highest BCUT2D eigenvalue weighted by Gasteiger charge is 2.34. The van der Waals surface area contributed by atoms with Crippen molar-refractivity contribution >= 4 is 0 Å². The Balaban J connectivity index is 1.98. The molecule has 0 aromatic rings. The predicted octanol–water partition coefficient (Wildman–Crippen LogP) is 2.32. The number of hydrogen-bond donors (Lipinski definition) is 1. The van der Waals surface area contributed by atoms with Gasteiger partial charge in [0.1, 0.15) is 0 Å². The molecule has 0 spiro atoms. The molecule has 2 nitrogen and oxygen atoms in total. The highest BCUT2D eigenvalue weighted by Crippen LogP contribution is 2.42. The topological polar surface area (TPSA) is 35.2 Å². The summed E-state index contributed by atoms with van der Waals surface area (Å²) >= 11 is 0. The van der Waals surface area contributed by atoms with Crippen LogP contribution in [0.3, 0.4) is 0 Å². The molecular formula is C11H23NO. The molecule has 1 rings (SSSR count). The van der Waals surface area contributed by atoms with Crippen LogP contribution in [-0.4, -0.2) is 19.8 Å². The summed E-state index contributed by atoms with van der Waals surface area (Å²) in [5, 5.41) is 0. The minimum atomic E-state index is 0.464. The van der Waals surface area contributed by atoms with Crippen molar-refractivity contribution in [3.8, 4) is 0 Å². The van der Waals surface area contributed by atoms with Crippen LogP contribution >= 0.6 is 0 Å². The first-order valence-electron chi connectivity index (χ1n) is 5.61. The summed E-state index contributed by atoms with van der Waals surface area (Å²) in [6.45, 7) is 4.88. The predicted molar refractivity (Wildman–Crippen MR) is 55.7 cm³/mol. The van der Waals surface area contributed by atoms with Crippen LogP contribution in [-0.2, 0) is 4.74 Å². The average Bonchev–Trinajstić information content (AvgIpc) is 2.09. The van der Waals surface area contributed by atoms with Gasteiger partial charge >= 0.3 is 0 Å². The van der Waals surface area contributed by atoms with E-state index in [0.717, 1.165) is 19.8 Å². The number of hydrogen-bond acceptors (Lipinski definition) is 2. The first kappa shape index (κ1) is 11.0. The van der Waals surface area contributed by atoms with E-state index in [2.05, 4.69) is 6.92 Å². The summed E-state index contributed by atoms with van der Waals surface area (Å²) in [6.07, 6.45) is 7.60. The van der Waals surface area contributed by atoms with Crippen molar-refractivity contribution in [2.45, 2.75) is 45.4 Å². The van der Waals surface area contributed by atoms with Gasteiger partial charge in [0.05, 0.1) is 0 Å². The van der Waals surface area contributed by atoms with Gasteiger partial charge in [-0.2, -0.15) is 0 Å². The van der Waals surface area contributed by atoms with E-state index in [1.807, 2.05) is 0 Å². The first-order valence-corrected chi connectivity index (χ1v) is 5.61. The molecule has 0 saturated heterocycles. The van der Waals surface area contributed by atoms with Crippen LogP contribution in [0.5, 0.6) is 0 Å². The van der Waals surface area contributed by atoms with Crippen molar-refractivity contribution in [2.75, 3.05) is 19.8 Å². The lowest BCUT2D eigenvalue weighted by Gasteiger charge is -2.41. The molecule has 0 atom stereocenters. The molecule has 1 saturated carbocycles. The number of nitrogens with two attached hydrogens (primary N) is 1. The Kier molecular flexibility index (Phi) is 4.74. The monoisotopic (exact) mass is 185 g/mol. The fourth-order valence-corrected chi connectivity index (χ4v) is 1.87. The zero-order chi connectivity index (χ0) is 9.57. The maximum Gasteiger partial charge on any atom is 0.0471 e. The summed E-state index contributed by atoms with van der Waals surface area (Å²) in [4.78, 5) is 0. The molecule has 2 heteroatoms. The normalized spacial score (nSPS) is 19.8. The molecular weight excluding hydrogens is 162 g/mol. The lowest BCUT2D eigenvalue weighted by atomic mass is 9.67. The van der Waals surface area contributed by atoms with Gasteiger partial charge in [-0.05, 0) is 37.6 Å². The standard InChI is InChI=1S/C11H23NO/c1-2-3-8-13-9-7-11(10-12)5-4-6-11/h2-10,12H2,1H3. The zero-order valence-electron chi connectivity index (χ0n) is 8.85. The Morgan fingerprint density at radius 3 is 2.54 bits per heavy atom. The van der Waals surface area contributed by atoms with Crippen LogP contribution < -0.4 is 5.73 Å². The second-order valence-corrected chi connectivity index (χ2v) is 4.27. The molecule has 13 heavy (non-hydrogen) atoms. The second-order valence-electron chi connectivity index (χ2n) is 4.27. The Labute approximate surface area is 81.8 Å². The molecule has 0 aliphatic heterocycles. The Bertz CT molecular complexity index is 127. The molecule has 0 aromatic carbocycles. The van der Waals surface area contributed by atoms with Gasteiger partial charge in [0.2, 0.25) is 0 Å². The van der Waals surface area contributed by atoms with Crippen molar-refractivity contribution in [1.82, 2.24) is 0 Å². The summed E-state index contributed by atoms with van der Waals surface area (Å²) in [7, 11) is 0. The minimum Gasteiger partial charge on any atom is -0.381 e. The van der Waals surface area contributed by atoms with Gasteiger partial charge in [0.15, 0.2) is 0 Å². The van der Waals surface area contributed by atoms with Crippen molar-refractivity contribution in [2.24, 2.45) is 11.1 Å². The molecule has 0 heterocycles. The molecule has 1 aliphatic carbocycles. The van der Waals surface area contributed by atoms with E-state index in [1.165, 1.54) is 38.5 Å². The van der Waals surface area contributed by atoms with E-state index < -0.39 is 0 Å². The summed E-state index contributed by atoms with van der Waals surface area (Å²) in [5.41, 5.74) is 6.22. The SMILES string of the molecule is CCCCOCCC1(CN)CCC1. The molecule has 1 fully saturated rings. The van der Waals surface area contributed by atoms with Crippen LogP contribution in [0.2, 0.25) is 0 Å². The van der Waals surface area contributed by atoms with Crippen molar-refractivity contribution < 1.29 is 4.74 Å². The molecule has 0 unspecified atom stereocenters. The molecule has 2 N–H and O–H groups in total. The highest BCUT2D eigenvalue weighted by molar-refractivity contribution is 4.88. The number of rotatable bonds is 7. The van der Waals surface area contributed by atoms with Gasteiger partial charge in [0, 0.05) is 13.2 Å². The number of unbranched alkanes of at least 4 members (excludes halogenated alkanes) is 1. The second kappa shape index (κ2) is 5.61.